The molecule has 0 atom stereocenters. The number of amides is 2. The predicted octanol–water partition coefficient (Wildman–Crippen LogP) is 2.86. The van der Waals surface area contributed by atoms with E-state index in [9.17, 15) is 14.4 Å². The summed E-state index contributed by atoms with van der Waals surface area (Å²) in [6.45, 7) is 8.82. The molecule has 0 saturated heterocycles. The van der Waals surface area contributed by atoms with Gasteiger partial charge in [-0.1, -0.05) is 39.8 Å². The summed E-state index contributed by atoms with van der Waals surface area (Å²) < 4.78 is 5.09. The molecular formula is C22H32N2O5. The molecule has 0 aliphatic heterocycles. The van der Waals surface area contributed by atoms with Crippen LogP contribution in [0.5, 0.6) is 5.75 Å². The van der Waals surface area contributed by atoms with E-state index in [4.69, 9.17) is 9.84 Å². The molecule has 2 amide bonds. The van der Waals surface area contributed by atoms with Crippen molar-refractivity contribution >= 4 is 23.9 Å². The number of carboxylic acid groups (broad SMARTS) is 1. The van der Waals surface area contributed by atoms with Gasteiger partial charge in [-0.2, -0.15) is 0 Å². The van der Waals surface area contributed by atoms with Gasteiger partial charge in [0.25, 0.3) is 11.8 Å². The smallest absolute Gasteiger partial charge is 0.341 e. The molecule has 29 heavy (non-hydrogen) atoms. The minimum absolute atomic E-state index is 0.0386. The van der Waals surface area contributed by atoms with E-state index in [1.165, 1.54) is 6.08 Å². The topological polar surface area (TPSA) is 105 Å². The van der Waals surface area contributed by atoms with Gasteiger partial charge in [0.1, 0.15) is 11.3 Å². The highest BCUT2D eigenvalue weighted by molar-refractivity contribution is 6.21. The Labute approximate surface area is 172 Å². The monoisotopic (exact) mass is 404 g/mol. The average Bonchev–Trinajstić information content (AvgIpc) is 2.64. The van der Waals surface area contributed by atoms with Gasteiger partial charge in [-0.3, -0.25) is 9.59 Å². The molecule has 1 rings (SSSR count). The van der Waals surface area contributed by atoms with Crippen molar-refractivity contribution in [2.24, 2.45) is 11.8 Å². The van der Waals surface area contributed by atoms with Crippen LogP contribution in [0, 0.1) is 11.8 Å². The minimum Gasteiger partial charge on any atom is -0.482 e. The maximum atomic E-state index is 12.6. The molecule has 0 bridgehead atoms. The quantitative estimate of drug-likeness (QED) is 0.282. The lowest BCUT2D eigenvalue weighted by Gasteiger charge is -2.12. The first-order chi connectivity index (χ1) is 13.7. The number of carbonyl (C=O) groups excluding carboxylic acids is 2. The Morgan fingerprint density at radius 3 is 1.83 bits per heavy atom. The Balaban J connectivity index is 2.91. The normalized spacial score (nSPS) is 10.6. The number of ether oxygens (including phenoxy) is 1. The minimum atomic E-state index is -1.06. The zero-order valence-electron chi connectivity index (χ0n) is 17.7. The number of carbonyl (C=O) groups is 3. The van der Waals surface area contributed by atoms with Gasteiger partial charge in [0.05, 0.1) is 0 Å². The molecule has 7 nitrogen and oxygen atoms in total. The van der Waals surface area contributed by atoms with E-state index in [0.717, 1.165) is 12.8 Å². The second kappa shape index (κ2) is 12.6. The van der Waals surface area contributed by atoms with Gasteiger partial charge in [-0.25, -0.2) is 4.79 Å². The first-order valence-corrected chi connectivity index (χ1v) is 9.91. The van der Waals surface area contributed by atoms with Crippen molar-refractivity contribution in [3.8, 4) is 5.75 Å². The molecule has 0 fully saturated rings. The highest BCUT2D eigenvalue weighted by Crippen LogP contribution is 2.15. The fraction of sp³-hybridized carbons (Fsp3) is 0.500. The third kappa shape index (κ3) is 10.3. The molecular weight excluding hydrogens is 372 g/mol. The van der Waals surface area contributed by atoms with E-state index in [1.807, 2.05) is 0 Å². The van der Waals surface area contributed by atoms with Crippen molar-refractivity contribution in [1.82, 2.24) is 10.6 Å². The summed E-state index contributed by atoms with van der Waals surface area (Å²) in [5, 5.41) is 14.3. The Bertz CT molecular complexity index is 680. The van der Waals surface area contributed by atoms with Crippen LogP contribution in [0.15, 0.2) is 29.8 Å². The van der Waals surface area contributed by atoms with Gasteiger partial charge in [0, 0.05) is 13.1 Å². The van der Waals surface area contributed by atoms with E-state index < -0.39 is 24.4 Å². The highest BCUT2D eigenvalue weighted by atomic mass is 16.5. The number of aliphatic carboxylic acids is 1. The van der Waals surface area contributed by atoms with Crippen LogP contribution in [-0.4, -0.2) is 42.6 Å². The molecule has 0 aliphatic rings. The zero-order chi connectivity index (χ0) is 21.8. The number of hydrogen-bond acceptors (Lipinski definition) is 4. The second-order valence-electron chi connectivity index (χ2n) is 7.69. The van der Waals surface area contributed by atoms with E-state index in [0.29, 0.717) is 36.2 Å². The van der Waals surface area contributed by atoms with Gasteiger partial charge in [-0.15, -0.1) is 0 Å². The number of nitrogens with one attached hydrogen (secondary N) is 2. The van der Waals surface area contributed by atoms with Crippen molar-refractivity contribution in [2.75, 3.05) is 19.7 Å². The number of rotatable bonds is 12. The summed E-state index contributed by atoms with van der Waals surface area (Å²) in [4.78, 5) is 35.7. The van der Waals surface area contributed by atoms with Crippen molar-refractivity contribution in [3.05, 3.63) is 35.4 Å². The Kier molecular flexibility index (Phi) is 10.5. The Hall–Kier alpha value is -2.83. The van der Waals surface area contributed by atoms with E-state index in [2.05, 4.69) is 38.3 Å². The molecule has 0 spiro atoms. The van der Waals surface area contributed by atoms with Crippen molar-refractivity contribution in [2.45, 2.75) is 40.5 Å². The van der Waals surface area contributed by atoms with Crippen molar-refractivity contribution < 1.29 is 24.2 Å². The van der Waals surface area contributed by atoms with Gasteiger partial charge >= 0.3 is 5.97 Å². The fourth-order valence-electron chi connectivity index (χ4n) is 2.35. The first-order valence-electron chi connectivity index (χ1n) is 9.91. The third-order valence-electron chi connectivity index (χ3n) is 4.06. The van der Waals surface area contributed by atoms with Crippen molar-refractivity contribution in [3.63, 3.8) is 0 Å². The van der Waals surface area contributed by atoms with Gasteiger partial charge in [0.2, 0.25) is 0 Å². The van der Waals surface area contributed by atoms with Crippen LogP contribution in [-0.2, 0) is 14.4 Å². The maximum absolute atomic E-state index is 12.6. The van der Waals surface area contributed by atoms with Crippen LogP contribution in [0.4, 0.5) is 0 Å². The van der Waals surface area contributed by atoms with Gasteiger partial charge in [0.15, 0.2) is 6.61 Å². The number of hydrogen-bond donors (Lipinski definition) is 3. The van der Waals surface area contributed by atoms with E-state index >= 15 is 0 Å². The van der Waals surface area contributed by atoms with Crippen LogP contribution in [0.3, 0.4) is 0 Å². The largest absolute Gasteiger partial charge is 0.482 e. The van der Waals surface area contributed by atoms with Crippen LogP contribution in [0.25, 0.3) is 6.08 Å². The Morgan fingerprint density at radius 2 is 1.41 bits per heavy atom. The maximum Gasteiger partial charge on any atom is 0.341 e. The van der Waals surface area contributed by atoms with Crippen LogP contribution in [0.1, 0.15) is 46.1 Å². The number of benzene rings is 1. The highest BCUT2D eigenvalue weighted by Gasteiger charge is 2.18. The summed E-state index contributed by atoms with van der Waals surface area (Å²) in [5.74, 6) is -0.610. The lowest BCUT2D eigenvalue weighted by Crippen LogP contribution is -2.36. The van der Waals surface area contributed by atoms with Gasteiger partial charge in [-0.05, 0) is 48.4 Å². The molecule has 0 aromatic heterocycles. The second-order valence-corrected chi connectivity index (χ2v) is 7.69. The molecule has 0 saturated carbocycles. The molecule has 1 aromatic rings. The van der Waals surface area contributed by atoms with Crippen LogP contribution < -0.4 is 15.4 Å². The first kappa shape index (κ1) is 24.2. The summed E-state index contributed by atoms with van der Waals surface area (Å²) in [7, 11) is 0. The molecule has 160 valence electrons. The predicted molar refractivity (Wildman–Crippen MR) is 112 cm³/mol. The Morgan fingerprint density at radius 1 is 0.931 bits per heavy atom. The van der Waals surface area contributed by atoms with Crippen molar-refractivity contribution in [1.29, 1.82) is 0 Å². The summed E-state index contributed by atoms with van der Waals surface area (Å²) in [6, 6.07) is 6.53. The third-order valence-corrected chi connectivity index (χ3v) is 4.06. The molecule has 0 aliphatic carbocycles. The van der Waals surface area contributed by atoms with E-state index in [-0.39, 0.29) is 5.57 Å². The summed E-state index contributed by atoms with van der Waals surface area (Å²) in [5.41, 5.74) is 0.678. The van der Waals surface area contributed by atoms with Crippen LogP contribution in [0.2, 0.25) is 0 Å². The summed E-state index contributed by atoms with van der Waals surface area (Å²) in [6.07, 6.45) is 3.17. The molecule has 7 heteroatoms. The molecule has 0 radical (unpaired) electrons. The van der Waals surface area contributed by atoms with Crippen LogP contribution >= 0.6 is 0 Å². The SMILES string of the molecule is CC(C)CCNC(=O)C(=Cc1ccc(OCC(=O)O)cc1)C(=O)NCCC(C)C. The lowest BCUT2D eigenvalue weighted by atomic mass is 10.1. The molecule has 3 N–H and O–H groups in total. The standard InChI is InChI=1S/C22H32N2O5/c1-15(2)9-11-23-21(27)19(22(28)24-12-10-16(3)4)13-17-5-7-18(8-6-17)29-14-20(25)26/h5-8,13,15-16H,9-12,14H2,1-4H3,(H,23,27)(H,24,28)(H,25,26). The lowest BCUT2D eigenvalue weighted by molar-refractivity contribution is -0.139. The fourth-order valence-corrected chi connectivity index (χ4v) is 2.35. The molecule has 1 aromatic carbocycles. The zero-order valence-corrected chi connectivity index (χ0v) is 17.7. The molecule has 0 heterocycles. The number of carboxylic acids is 1. The van der Waals surface area contributed by atoms with Gasteiger partial charge < -0.3 is 20.5 Å². The van der Waals surface area contributed by atoms with E-state index in [1.54, 1.807) is 24.3 Å². The molecule has 0 unspecified atom stereocenters. The average molecular weight is 405 g/mol. The summed E-state index contributed by atoms with van der Waals surface area (Å²) >= 11 is 0.